The Bertz CT molecular complexity index is 186. The van der Waals surface area contributed by atoms with Gasteiger partial charge in [-0.3, -0.25) is 4.55 Å². The highest BCUT2D eigenvalue weighted by molar-refractivity contribution is 7.86. The lowest BCUT2D eigenvalue weighted by Crippen LogP contribution is -2.04. The Labute approximate surface area is 54.6 Å². The SMILES string of the molecule is CC1CC1S(=O)(=O)O.N. The molecule has 0 aromatic carbocycles. The molecule has 1 saturated carbocycles. The molecule has 0 aromatic heterocycles. The van der Waals surface area contributed by atoms with E-state index in [2.05, 4.69) is 0 Å². The fourth-order valence-electron chi connectivity index (χ4n) is 0.703. The summed E-state index contributed by atoms with van der Waals surface area (Å²) in [5, 5.41) is -0.456. The topological polar surface area (TPSA) is 89.4 Å². The lowest BCUT2D eigenvalue weighted by molar-refractivity contribution is 0.479. The van der Waals surface area contributed by atoms with Crippen LogP contribution in [0, 0.1) is 5.92 Å². The van der Waals surface area contributed by atoms with Gasteiger partial charge in [0, 0.05) is 0 Å². The Morgan fingerprint density at radius 3 is 1.89 bits per heavy atom. The van der Waals surface area contributed by atoms with Crippen molar-refractivity contribution in [2.45, 2.75) is 18.6 Å². The van der Waals surface area contributed by atoms with Crippen molar-refractivity contribution >= 4 is 10.1 Å². The molecule has 2 unspecified atom stereocenters. The molecule has 0 saturated heterocycles. The number of hydrogen-bond donors (Lipinski definition) is 2. The van der Waals surface area contributed by atoms with Crippen molar-refractivity contribution in [1.29, 1.82) is 0 Å². The summed E-state index contributed by atoms with van der Waals surface area (Å²) in [6.45, 7) is 1.80. The van der Waals surface area contributed by atoms with E-state index >= 15 is 0 Å². The van der Waals surface area contributed by atoms with Gasteiger partial charge in [-0.25, -0.2) is 0 Å². The van der Waals surface area contributed by atoms with E-state index in [1.54, 1.807) is 6.92 Å². The molecule has 1 rings (SSSR count). The third kappa shape index (κ3) is 1.92. The first-order valence-electron chi connectivity index (χ1n) is 2.48. The van der Waals surface area contributed by atoms with E-state index in [9.17, 15) is 8.42 Å². The van der Waals surface area contributed by atoms with Crippen LogP contribution in [-0.4, -0.2) is 18.2 Å². The summed E-state index contributed by atoms with van der Waals surface area (Å²) in [6.07, 6.45) is 0.624. The molecule has 2 atom stereocenters. The molecule has 1 aliphatic carbocycles. The second-order valence-electron chi connectivity index (χ2n) is 2.27. The Balaban J connectivity index is 0.000000640. The van der Waals surface area contributed by atoms with Gasteiger partial charge in [-0.2, -0.15) is 8.42 Å². The van der Waals surface area contributed by atoms with E-state index in [4.69, 9.17) is 4.55 Å². The van der Waals surface area contributed by atoms with Crippen molar-refractivity contribution in [3.63, 3.8) is 0 Å². The van der Waals surface area contributed by atoms with E-state index in [0.717, 1.165) is 0 Å². The molecule has 0 bridgehead atoms. The van der Waals surface area contributed by atoms with Gasteiger partial charge in [0.25, 0.3) is 10.1 Å². The summed E-state index contributed by atoms with van der Waals surface area (Å²) in [5.74, 6) is 0.171. The second-order valence-corrected chi connectivity index (χ2v) is 3.90. The van der Waals surface area contributed by atoms with Crippen LogP contribution in [0.1, 0.15) is 13.3 Å². The lowest BCUT2D eigenvalue weighted by Gasteiger charge is -1.86. The molecule has 0 radical (unpaired) electrons. The van der Waals surface area contributed by atoms with Crippen LogP contribution in [0.3, 0.4) is 0 Å². The van der Waals surface area contributed by atoms with Gasteiger partial charge in [0.15, 0.2) is 0 Å². The van der Waals surface area contributed by atoms with E-state index in [1.807, 2.05) is 0 Å². The van der Waals surface area contributed by atoms with Gasteiger partial charge in [0.2, 0.25) is 0 Å². The zero-order valence-corrected chi connectivity index (χ0v) is 6.06. The summed E-state index contributed by atoms with van der Waals surface area (Å²) >= 11 is 0. The molecule has 0 heterocycles. The minimum absolute atomic E-state index is 0. The number of rotatable bonds is 1. The Hall–Kier alpha value is -0.130. The maximum absolute atomic E-state index is 10.2. The zero-order chi connectivity index (χ0) is 6.36. The maximum atomic E-state index is 10.2. The molecule has 4 N–H and O–H groups in total. The Morgan fingerprint density at radius 2 is 1.89 bits per heavy atom. The van der Waals surface area contributed by atoms with Crippen LogP contribution < -0.4 is 6.15 Å². The minimum atomic E-state index is -3.68. The largest absolute Gasteiger partial charge is 0.344 e. The van der Waals surface area contributed by atoms with Gasteiger partial charge in [-0.05, 0) is 12.3 Å². The first kappa shape index (κ1) is 8.87. The van der Waals surface area contributed by atoms with Gasteiger partial charge in [0.05, 0.1) is 5.25 Å². The molecule has 4 nitrogen and oxygen atoms in total. The fourth-order valence-corrected chi connectivity index (χ4v) is 1.84. The normalized spacial score (nSPS) is 33.1. The van der Waals surface area contributed by atoms with Gasteiger partial charge >= 0.3 is 0 Å². The van der Waals surface area contributed by atoms with Crippen LogP contribution >= 0.6 is 0 Å². The van der Waals surface area contributed by atoms with Gasteiger partial charge in [-0.15, -0.1) is 0 Å². The molecular weight excluding hydrogens is 142 g/mol. The van der Waals surface area contributed by atoms with Crippen LogP contribution in [0.5, 0.6) is 0 Å². The molecule has 1 fully saturated rings. The van der Waals surface area contributed by atoms with Crippen molar-refractivity contribution in [2.24, 2.45) is 5.92 Å². The summed E-state index contributed by atoms with van der Waals surface area (Å²) < 4.78 is 28.6. The quantitative estimate of drug-likeness (QED) is 0.535. The predicted octanol–water partition coefficient (Wildman–Crippen LogP) is 0.445. The van der Waals surface area contributed by atoms with Crippen molar-refractivity contribution in [2.75, 3.05) is 0 Å². The highest BCUT2D eigenvalue weighted by Gasteiger charge is 2.42. The lowest BCUT2D eigenvalue weighted by atomic mass is 10.5. The van der Waals surface area contributed by atoms with E-state index < -0.39 is 15.4 Å². The zero-order valence-electron chi connectivity index (χ0n) is 5.24. The average Bonchev–Trinajstić information content (AvgIpc) is 2.13. The van der Waals surface area contributed by atoms with E-state index in [-0.39, 0.29) is 12.1 Å². The molecule has 9 heavy (non-hydrogen) atoms. The van der Waals surface area contributed by atoms with Crippen LogP contribution in [-0.2, 0) is 10.1 Å². The molecular formula is C4H11NO3S. The molecule has 1 aliphatic rings. The predicted molar refractivity (Wildman–Crippen MR) is 34.1 cm³/mol. The fraction of sp³-hybridized carbons (Fsp3) is 1.00. The van der Waals surface area contributed by atoms with Crippen LogP contribution in [0.25, 0.3) is 0 Å². The van der Waals surface area contributed by atoms with E-state index in [0.29, 0.717) is 6.42 Å². The Morgan fingerprint density at radius 1 is 1.56 bits per heavy atom. The summed E-state index contributed by atoms with van der Waals surface area (Å²) in [7, 11) is -3.68. The third-order valence-corrected chi connectivity index (χ3v) is 2.84. The van der Waals surface area contributed by atoms with Gasteiger partial charge in [-0.1, -0.05) is 6.92 Å². The smallest absolute Gasteiger partial charge is 0.268 e. The molecule has 56 valence electrons. The maximum Gasteiger partial charge on any atom is 0.268 e. The van der Waals surface area contributed by atoms with Crippen molar-refractivity contribution < 1.29 is 13.0 Å². The minimum Gasteiger partial charge on any atom is -0.344 e. The monoisotopic (exact) mass is 153 g/mol. The first-order chi connectivity index (χ1) is 3.52. The molecule has 0 aliphatic heterocycles. The Kier molecular flexibility index (Phi) is 2.21. The summed E-state index contributed by atoms with van der Waals surface area (Å²) in [5.41, 5.74) is 0. The van der Waals surface area contributed by atoms with Gasteiger partial charge < -0.3 is 6.15 Å². The summed E-state index contributed by atoms with van der Waals surface area (Å²) in [6, 6.07) is 0. The van der Waals surface area contributed by atoms with Crippen LogP contribution in [0.2, 0.25) is 0 Å². The van der Waals surface area contributed by atoms with Crippen molar-refractivity contribution in [3.8, 4) is 0 Å². The number of hydrogen-bond acceptors (Lipinski definition) is 3. The first-order valence-corrected chi connectivity index (χ1v) is 3.98. The molecule has 5 heteroatoms. The third-order valence-electron chi connectivity index (χ3n) is 1.42. The highest BCUT2D eigenvalue weighted by Crippen LogP contribution is 2.35. The standard InChI is InChI=1S/C4H8O3S.H3N/c1-3-2-4(3)8(5,6)7;/h3-4H,2H2,1H3,(H,5,6,7);1H3. The van der Waals surface area contributed by atoms with Crippen LogP contribution in [0.15, 0.2) is 0 Å². The highest BCUT2D eigenvalue weighted by atomic mass is 32.2. The van der Waals surface area contributed by atoms with Crippen LogP contribution in [0.4, 0.5) is 0 Å². The van der Waals surface area contributed by atoms with Crippen molar-refractivity contribution in [3.05, 3.63) is 0 Å². The second kappa shape index (κ2) is 2.24. The van der Waals surface area contributed by atoms with E-state index in [1.165, 1.54) is 0 Å². The van der Waals surface area contributed by atoms with Gasteiger partial charge in [0.1, 0.15) is 0 Å². The molecule has 0 amide bonds. The summed E-state index contributed by atoms with van der Waals surface area (Å²) in [4.78, 5) is 0. The molecule has 0 spiro atoms. The van der Waals surface area contributed by atoms with Crippen molar-refractivity contribution in [1.82, 2.24) is 6.15 Å². The molecule has 0 aromatic rings. The average molecular weight is 153 g/mol.